The van der Waals surface area contributed by atoms with Gasteiger partial charge in [-0.3, -0.25) is 4.90 Å². The van der Waals surface area contributed by atoms with E-state index in [1.165, 1.54) is 17.0 Å². The van der Waals surface area contributed by atoms with Crippen molar-refractivity contribution < 1.29 is 9.50 Å². The van der Waals surface area contributed by atoms with Gasteiger partial charge in [0.2, 0.25) is 0 Å². The zero-order chi connectivity index (χ0) is 21.9. The summed E-state index contributed by atoms with van der Waals surface area (Å²) in [6, 6.07) is 17.9. The van der Waals surface area contributed by atoms with Crippen LogP contribution in [0.15, 0.2) is 66.0 Å². The van der Waals surface area contributed by atoms with E-state index in [1.807, 2.05) is 22.9 Å². The normalized spacial score (nSPS) is 15.7. The van der Waals surface area contributed by atoms with Gasteiger partial charge in [0.1, 0.15) is 17.6 Å². The summed E-state index contributed by atoms with van der Waals surface area (Å²) in [4.78, 5) is 5.93. The zero-order valence-corrected chi connectivity index (χ0v) is 18.2. The van der Waals surface area contributed by atoms with E-state index in [-0.39, 0.29) is 17.6 Å². The minimum atomic E-state index is -0.256. The molecule has 1 fully saturated rings. The van der Waals surface area contributed by atoms with E-state index in [0.717, 1.165) is 43.3 Å². The maximum atomic E-state index is 13.3. The van der Waals surface area contributed by atoms with E-state index >= 15 is 0 Å². The van der Waals surface area contributed by atoms with Gasteiger partial charge in [0.15, 0.2) is 5.82 Å². The maximum Gasteiger partial charge on any atom is 0.174 e. The quantitative estimate of drug-likeness (QED) is 0.485. The van der Waals surface area contributed by atoms with Gasteiger partial charge < -0.3 is 10.0 Å². The molecule has 0 spiro atoms. The topological polar surface area (TPSA) is 70.3 Å². The third kappa shape index (κ3) is 4.35. The largest absolute Gasteiger partial charge is 0.508 e. The number of piperazine rings is 1. The first-order chi connectivity index (χ1) is 15.7. The Balaban J connectivity index is 1.37. The molecule has 2 aromatic heterocycles. The second-order valence-electron chi connectivity index (χ2n) is 7.78. The van der Waals surface area contributed by atoms with Crippen molar-refractivity contribution in [3.63, 3.8) is 0 Å². The highest BCUT2D eigenvalue weighted by molar-refractivity contribution is 7.10. The zero-order valence-electron chi connectivity index (χ0n) is 17.4. The molecule has 0 amide bonds. The van der Waals surface area contributed by atoms with E-state index in [9.17, 15) is 9.50 Å². The first kappa shape index (κ1) is 20.6. The van der Waals surface area contributed by atoms with Crippen LogP contribution in [0, 0.1) is 5.82 Å². The summed E-state index contributed by atoms with van der Waals surface area (Å²) in [7, 11) is 0. The molecule has 0 aliphatic carbocycles. The molecule has 1 N–H and O–H groups in total. The van der Waals surface area contributed by atoms with Crippen LogP contribution >= 0.6 is 11.3 Å². The van der Waals surface area contributed by atoms with Gasteiger partial charge in [-0.1, -0.05) is 18.2 Å². The van der Waals surface area contributed by atoms with Crippen molar-refractivity contribution in [2.45, 2.75) is 12.6 Å². The van der Waals surface area contributed by atoms with Crippen LogP contribution in [0.1, 0.15) is 22.3 Å². The summed E-state index contributed by atoms with van der Waals surface area (Å²) in [6.45, 7) is 3.93. The van der Waals surface area contributed by atoms with Gasteiger partial charge in [0, 0.05) is 36.7 Å². The number of anilines is 1. The second kappa shape index (κ2) is 9.05. The fourth-order valence-corrected chi connectivity index (χ4v) is 4.96. The molecule has 9 heteroatoms. The Morgan fingerprint density at radius 1 is 0.969 bits per heavy atom. The molecule has 1 unspecified atom stereocenters. The molecule has 4 aromatic rings. The van der Waals surface area contributed by atoms with E-state index < -0.39 is 0 Å². The van der Waals surface area contributed by atoms with Crippen molar-refractivity contribution in [2.75, 3.05) is 31.1 Å². The average molecular weight is 451 g/mol. The number of aromatic nitrogens is 4. The van der Waals surface area contributed by atoms with E-state index in [1.54, 1.807) is 35.6 Å². The van der Waals surface area contributed by atoms with Crippen LogP contribution in [0.3, 0.4) is 0 Å². The highest BCUT2D eigenvalue weighted by Crippen LogP contribution is 2.32. The summed E-state index contributed by atoms with van der Waals surface area (Å²) >= 11 is 1.70. The number of nitrogens with zero attached hydrogens (tertiary/aromatic N) is 6. The van der Waals surface area contributed by atoms with Crippen molar-refractivity contribution in [3.8, 4) is 5.75 Å². The molecule has 1 aliphatic rings. The summed E-state index contributed by atoms with van der Waals surface area (Å²) in [5, 5.41) is 24.2. The highest BCUT2D eigenvalue weighted by Gasteiger charge is 2.31. The van der Waals surface area contributed by atoms with Gasteiger partial charge in [0.25, 0.3) is 0 Å². The molecule has 1 saturated heterocycles. The summed E-state index contributed by atoms with van der Waals surface area (Å²) in [5.41, 5.74) is 2.05. The smallest absolute Gasteiger partial charge is 0.174 e. The third-order valence-electron chi connectivity index (χ3n) is 5.76. The Hall–Kier alpha value is -3.30. The number of phenolic OH excluding ortho intramolecular Hbond substituents is 1. The molecule has 3 heterocycles. The Morgan fingerprint density at radius 3 is 2.41 bits per heavy atom. The number of benzene rings is 2. The lowest BCUT2D eigenvalue weighted by molar-refractivity contribution is 0.204. The Kier molecular flexibility index (Phi) is 5.83. The van der Waals surface area contributed by atoms with Gasteiger partial charge >= 0.3 is 0 Å². The number of rotatable bonds is 6. The molecule has 164 valence electrons. The van der Waals surface area contributed by atoms with Crippen LogP contribution < -0.4 is 4.90 Å². The second-order valence-corrected chi connectivity index (χ2v) is 8.76. The fraction of sp³-hybridized carbons (Fsp3) is 0.261. The number of phenols is 1. The van der Waals surface area contributed by atoms with E-state index in [4.69, 9.17) is 0 Å². The van der Waals surface area contributed by atoms with Crippen molar-refractivity contribution in [1.82, 2.24) is 25.1 Å². The first-order valence-electron chi connectivity index (χ1n) is 10.5. The molecule has 0 saturated carbocycles. The minimum Gasteiger partial charge on any atom is -0.508 e. The van der Waals surface area contributed by atoms with Crippen LogP contribution in [0.5, 0.6) is 5.75 Å². The minimum absolute atomic E-state index is 0.0487. The van der Waals surface area contributed by atoms with Gasteiger partial charge in [-0.25, -0.2) is 9.07 Å². The lowest BCUT2D eigenvalue weighted by atomic mass is 10.1. The lowest BCUT2D eigenvalue weighted by Gasteiger charge is -2.39. The highest BCUT2D eigenvalue weighted by atomic mass is 32.1. The van der Waals surface area contributed by atoms with Crippen molar-refractivity contribution in [1.29, 1.82) is 0 Å². The fourth-order valence-electron chi connectivity index (χ4n) is 4.10. The molecule has 5 rings (SSSR count). The molecular weight excluding hydrogens is 427 g/mol. The molecule has 32 heavy (non-hydrogen) atoms. The van der Waals surface area contributed by atoms with Crippen molar-refractivity contribution in [3.05, 3.63) is 88.1 Å². The van der Waals surface area contributed by atoms with Crippen molar-refractivity contribution >= 4 is 17.0 Å². The van der Waals surface area contributed by atoms with Crippen LogP contribution in [0.4, 0.5) is 10.1 Å². The molecule has 0 bridgehead atoms. The summed E-state index contributed by atoms with van der Waals surface area (Å²) in [5.74, 6) is 0.807. The Labute approximate surface area is 189 Å². The molecule has 1 atom stereocenters. The number of thiophene rings is 1. The average Bonchev–Trinajstić information content (AvgIpc) is 3.50. The number of aromatic hydroxyl groups is 1. The van der Waals surface area contributed by atoms with Crippen LogP contribution in [-0.2, 0) is 6.54 Å². The number of halogens is 1. The molecule has 1 aliphatic heterocycles. The summed E-state index contributed by atoms with van der Waals surface area (Å²) < 4.78 is 15.1. The lowest BCUT2D eigenvalue weighted by Crippen LogP contribution is -2.48. The molecule has 7 nitrogen and oxygen atoms in total. The van der Waals surface area contributed by atoms with E-state index in [0.29, 0.717) is 6.54 Å². The SMILES string of the molecule is Oc1ccc(N2CCN(C(c3cccs3)c3nnnn3Cc3ccc(F)cc3)CC2)cc1. The Morgan fingerprint density at radius 2 is 1.72 bits per heavy atom. The summed E-state index contributed by atoms with van der Waals surface area (Å²) in [6.07, 6.45) is 0. The predicted octanol–water partition coefficient (Wildman–Crippen LogP) is 3.54. The van der Waals surface area contributed by atoms with Crippen LogP contribution in [0.25, 0.3) is 0 Å². The third-order valence-corrected chi connectivity index (χ3v) is 6.68. The van der Waals surface area contributed by atoms with Gasteiger partial charge in [-0.15, -0.1) is 16.4 Å². The molecular formula is C23H23FN6OS. The monoisotopic (exact) mass is 450 g/mol. The van der Waals surface area contributed by atoms with Gasteiger partial charge in [-0.05, 0) is 63.8 Å². The van der Waals surface area contributed by atoms with Crippen LogP contribution in [0.2, 0.25) is 0 Å². The van der Waals surface area contributed by atoms with Crippen LogP contribution in [-0.4, -0.2) is 56.4 Å². The number of hydrogen-bond donors (Lipinski definition) is 1. The maximum absolute atomic E-state index is 13.3. The Bertz CT molecular complexity index is 1140. The first-order valence-corrected chi connectivity index (χ1v) is 11.4. The number of tetrazole rings is 1. The predicted molar refractivity (Wildman–Crippen MR) is 121 cm³/mol. The molecule has 2 aromatic carbocycles. The number of hydrogen-bond acceptors (Lipinski definition) is 7. The molecule has 0 radical (unpaired) electrons. The standard InChI is InChI=1S/C23H23FN6OS/c24-18-5-3-17(4-6-18)16-30-23(25-26-27-30)22(21-2-1-15-32-21)29-13-11-28(12-14-29)19-7-9-20(31)10-8-19/h1-10,15,22,31H,11-14,16H2. The van der Waals surface area contributed by atoms with Gasteiger partial charge in [-0.2, -0.15) is 0 Å². The van der Waals surface area contributed by atoms with Gasteiger partial charge in [0.05, 0.1) is 6.54 Å². The van der Waals surface area contributed by atoms with Crippen molar-refractivity contribution in [2.24, 2.45) is 0 Å². The van der Waals surface area contributed by atoms with E-state index in [2.05, 4.69) is 36.8 Å².